The highest BCUT2D eigenvalue weighted by molar-refractivity contribution is 7.89. The highest BCUT2D eigenvalue weighted by Crippen LogP contribution is 2.28. The van der Waals surface area contributed by atoms with Crippen LogP contribution in [0.3, 0.4) is 0 Å². The number of sulfonamides is 1. The van der Waals surface area contributed by atoms with Crippen molar-refractivity contribution in [1.82, 2.24) is 22.7 Å². The molecule has 1 aromatic rings. The number of hydrogen-bond donors (Lipinski definition) is 0. The van der Waals surface area contributed by atoms with Crippen LogP contribution in [-0.4, -0.2) is 132 Å². The van der Waals surface area contributed by atoms with Crippen molar-refractivity contribution in [1.29, 1.82) is 0 Å². The first-order chi connectivity index (χ1) is 22.0. The van der Waals surface area contributed by atoms with Gasteiger partial charge in [-0.05, 0) is 87.7 Å². The normalized spacial score (nSPS) is 26.1. The van der Waals surface area contributed by atoms with Crippen LogP contribution in [0, 0.1) is 11.8 Å². The van der Waals surface area contributed by atoms with Crippen LogP contribution >= 0.6 is 0 Å². The quantitative estimate of drug-likeness (QED) is 0.408. The predicted octanol–water partition coefficient (Wildman–Crippen LogP) is 4.16. The Morgan fingerprint density at radius 2 is 1.22 bits per heavy atom. The topological polar surface area (TPSA) is 87.7 Å². The van der Waals surface area contributed by atoms with Gasteiger partial charge in [-0.15, -0.1) is 0 Å². The summed E-state index contributed by atoms with van der Waals surface area (Å²) in [6, 6.07) is 7.69. The number of hydrogen-bond acceptors (Lipinski definition) is 7. The molecule has 0 spiro atoms. The van der Waals surface area contributed by atoms with Gasteiger partial charge < -0.3 is 9.80 Å². The standard InChI is InChI=1S/C34H60N6O4S2/c1-30-27-39(45(41,42)34-17-15-32(16-18-34)35(2)3)21-9-19-36(29-31-11-5-4-6-12-31)20-10-22-40(28-30)46(43,44)38-25-23-37(24-26-38)33-13-7-8-14-33/h15-18,30-31,33H,4-14,19-29H2,1-3H3/t30-/m0/s1. The molecule has 0 N–H and O–H groups in total. The minimum Gasteiger partial charge on any atom is -0.378 e. The SMILES string of the molecule is C[C@H]1CN(S(=O)(=O)c2ccc(N(C)C)cc2)CCCN(CC2CCCCC2)CCCN(S(=O)(=O)N2CCN(C3CCCC3)CC2)C1. The maximum atomic E-state index is 14.2. The van der Waals surface area contributed by atoms with Crippen molar-refractivity contribution in [2.24, 2.45) is 11.8 Å². The van der Waals surface area contributed by atoms with E-state index in [2.05, 4.69) is 9.80 Å². The number of anilines is 1. The summed E-state index contributed by atoms with van der Waals surface area (Å²) in [5.41, 5.74) is 0.948. The summed E-state index contributed by atoms with van der Waals surface area (Å²) in [7, 11) is -3.53. The molecule has 2 heterocycles. The highest BCUT2D eigenvalue weighted by Gasteiger charge is 2.36. The van der Waals surface area contributed by atoms with E-state index >= 15 is 0 Å². The molecule has 0 amide bonds. The Labute approximate surface area is 280 Å². The molecule has 4 fully saturated rings. The first-order valence-corrected chi connectivity index (χ1v) is 20.9. The van der Waals surface area contributed by atoms with Crippen LogP contribution in [0.15, 0.2) is 29.2 Å². The van der Waals surface area contributed by atoms with Crippen LogP contribution in [0.4, 0.5) is 5.69 Å². The minimum absolute atomic E-state index is 0.150. The molecule has 0 aromatic heterocycles. The Morgan fingerprint density at radius 1 is 0.652 bits per heavy atom. The third-order valence-electron chi connectivity index (χ3n) is 10.8. The fraction of sp³-hybridized carbons (Fsp3) is 0.824. The lowest BCUT2D eigenvalue weighted by Gasteiger charge is -2.40. The zero-order valence-electron chi connectivity index (χ0n) is 28.7. The summed E-state index contributed by atoms with van der Waals surface area (Å²) >= 11 is 0. The molecule has 1 atom stereocenters. The molecule has 1 aromatic carbocycles. The third-order valence-corrected chi connectivity index (χ3v) is 14.7. The van der Waals surface area contributed by atoms with Crippen molar-refractivity contribution in [3.05, 3.63) is 24.3 Å². The van der Waals surface area contributed by atoms with Crippen molar-refractivity contribution in [3.63, 3.8) is 0 Å². The van der Waals surface area contributed by atoms with Crippen molar-refractivity contribution in [2.45, 2.75) is 88.5 Å². The zero-order valence-corrected chi connectivity index (χ0v) is 30.4. The molecule has 0 radical (unpaired) electrons. The molecule has 12 heteroatoms. The summed E-state index contributed by atoms with van der Waals surface area (Å²) in [4.78, 5) is 7.23. The first kappa shape index (κ1) is 36.0. The van der Waals surface area contributed by atoms with Crippen LogP contribution in [-0.2, 0) is 20.2 Å². The largest absolute Gasteiger partial charge is 0.378 e. The molecular weight excluding hydrogens is 621 g/mol. The second-order valence-corrected chi connectivity index (χ2v) is 18.5. The monoisotopic (exact) mass is 680 g/mol. The molecule has 2 saturated carbocycles. The van der Waals surface area contributed by atoms with E-state index in [9.17, 15) is 16.8 Å². The number of benzene rings is 1. The number of rotatable bonds is 8. The van der Waals surface area contributed by atoms with Crippen molar-refractivity contribution in [3.8, 4) is 0 Å². The average molecular weight is 681 g/mol. The molecule has 4 aliphatic rings. The van der Waals surface area contributed by atoms with Crippen molar-refractivity contribution in [2.75, 3.05) is 91.0 Å². The Balaban J connectivity index is 1.33. The van der Waals surface area contributed by atoms with Crippen LogP contribution in [0.5, 0.6) is 0 Å². The van der Waals surface area contributed by atoms with Crippen molar-refractivity contribution >= 4 is 25.9 Å². The molecule has 0 unspecified atom stereocenters. The van der Waals surface area contributed by atoms with E-state index in [1.165, 1.54) is 57.8 Å². The van der Waals surface area contributed by atoms with Gasteiger partial charge in [0.1, 0.15) is 0 Å². The number of piperazine rings is 1. The first-order valence-electron chi connectivity index (χ1n) is 18.0. The summed E-state index contributed by atoms with van der Waals surface area (Å²) in [6.07, 6.45) is 13.0. The number of nitrogens with zero attached hydrogens (tertiary/aromatic N) is 6. The van der Waals surface area contributed by atoms with Crippen molar-refractivity contribution < 1.29 is 16.8 Å². The molecule has 2 saturated heterocycles. The maximum absolute atomic E-state index is 14.2. The predicted molar refractivity (Wildman–Crippen MR) is 187 cm³/mol. The minimum atomic E-state index is -3.75. The van der Waals surface area contributed by atoms with E-state index in [1.807, 2.05) is 38.1 Å². The van der Waals surface area contributed by atoms with E-state index in [-0.39, 0.29) is 5.92 Å². The van der Waals surface area contributed by atoms with Gasteiger partial charge in [-0.3, -0.25) is 4.90 Å². The Morgan fingerprint density at radius 3 is 1.83 bits per heavy atom. The lowest BCUT2D eigenvalue weighted by atomic mass is 9.89. The van der Waals surface area contributed by atoms with Gasteiger partial charge in [0.15, 0.2) is 0 Å². The van der Waals surface area contributed by atoms with Gasteiger partial charge in [0.05, 0.1) is 4.90 Å². The smallest absolute Gasteiger partial charge is 0.282 e. The Bertz CT molecular complexity index is 1290. The summed E-state index contributed by atoms with van der Waals surface area (Å²) in [6.45, 7) is 8.84. The average Bonchev–Trinajstić information content (AvgIpc) is 3.59. The Kier molecular flexibility index (Phi) is 12.9. The van der Waals surface area contributed by atoms with Crippen LogP contribution in [0.2, 0.25) is 0 Å². The van der Waals surface area contributed by atoms with E-state index in [0.717, 1.165) is 51.3 Å². The van der Waals surface area contributed by atoms with E-state index in [1.54, 1.807) is 25.0 Å². The molecule has 2 aliphatic carbocycles. The van der Waals surface area contributed by atoms with Crippen LogP contribution < -0.4 is 4.90 Å². The molecule has 46 heavy (non-hydrogen) atoms. The highest BCUT2D eigenvalue weighted by atomic mass is 32.2. The Hall–Kier alpha value is -1.28. The fourth-order valence-corrected chi connectivity index (χ4v) is 11.5. The van der Waals surface area contributed by atoms with Gasteiger partial charge >= 0.3 is 0 Å². The summed E-state index contributed by atoms with van der Waals surface area (Å²) in [5, 5.41) is 0. The molecular formula is C34H60N6O4S2. The third kappa shape index (κ3) is 9.24. The molecule has 0 bridgehead atoms. The van der Waals surface area contributed by atoms with Gasteiger partial charge in [-0.25, -0.2) is 8.42 Å². The summed E-state index contributed by atoms with van der Waals surface area (Å²) < 4.78 is 61.5. The van der Waals surface area contributed by atoms with Crippen LogP contribution in [0.25, 0.3) is 0 Å². The van der Waals surface area contributed by atoms with E-state index in [0.29, 0.717) is 56.1 Å². The fourth-order valence-electron chi connectivity index (χ4n) is 8.13. The van der Waals surface area contributed by atoms with Crippen LogP contribution in [0.1, 0.15) is 77.6 Å². The molecule has 5 rings (SSSR count). The lowest BCUT2D eigenvalue weighted by molar-refractivity contribution is 0.133. The maximum Gasteiger partial charge on any atom is 0.282 e. The van der Waals surface area contributed by atoms with E-state index in [4.69, 9.17) is 0 Å². The van der Waals surface area contributed by atoms with Gasteiger partial charge in [-0.1, -0.05) is 39.0 Å². The lowest BCUT2D eigenvalue weighted by Crippen LogP contribution is -2.55. The van der Waals surface area contributed by atoms with E-state index < -0.39 is 20.2 Å². The van der Waals surface area contributed by atoms with Gasteiger partial charge in [-0.2, -0.15) is 21.3 Å². The molecule has 2 aliphatic heterocycles. The van der Waals surface area contributed by atoms with Gasteiger partial charge in [0.2, 0.25) is 10.0 Å². The molecule has 10 nitrogen and oxygen atoms in total. The second-order valence-electron chi connectivity index (χ2n) is 14.6. The van der Waals surface area contributed by atoms with Gasteiger partial charge in [0, 0.05) is 84.7 Å². The zero-order chi connectivity index (χ0) is 32.7. The summed E-state index contributed by atoms with van der Waals surface area (Å²) in [5.74, 6) is 0.524. The second kappa shape index (κ2) is 16.4. The van der Waals surface area contributed by atoms with Gasteiger partial charge in [0.25, 0.3) is 10.2 Å². The molecule has 262 valence electrons.